The van der Waals surface area contributed by atoms with Gasteiger partial charge in [0, 0.05) is 5.41 Å². The molecule has 0 saturated heterocycles. The van der Waals surface area contributed by atoms with Crippen LogP contribution < -0.4 is 10.5 Å². The van der Waals surface area contributed by atoms with E-state index in [4.69, 9.17) is 14.9 Å². The largest absolute Gasteiger partial charge is 0.479 e. The van der Waals surface area contributed by atoms with Crippen molar-refractivity contribution in [2.24, 2.45) is 5.73 Å². The third-order valence-electron chi connectivity index (χ3n) is 1.69. The fourth-order valence-corrected chi connectivity index (χ4v) is 1.05. The van der Waals surface area contributed by atoms with Crippen LogP contribution in [0.25, 0.3) is 0 Å². The number of hydrogen-bond acceptors (Lipinski definition) is 4. The molecule has 4 nitrogen and oxygen atoms in total. The normalized spacial score (nSPS) is 11.8. The molecule has 0 aliphatic rings. The summed E-state index contributed by atoms with van der Waals surface area (Å²) in [4.78, 5) is 4.10. The molecule has 2 N–H and O–H groups in total. The summed E-state index contributed by atoms with van der Waals surface area (Å²) in [6, 6.07) is 0. The summed E-state index contributed by atoms with van der Waals surface area (Å²) >= 11 is 0. The summed E-state index contributed by atoms with van der Waals surface area (Å²) in [5.41, 5.74) is 5.31. The van der Waals surface area contributed by atoms with Crippen molar-refractivity contribution in [3.63, 3.8) is 0 Å². The van der Waals surface area contributed by atoms with Crippen LogP contribution in [0.1, 0.15) is 32.4 Å². The van der Waals surface area contributed by atoms with Crippen molar-refractivity contribution in [3.05, 3.63) is 11.7 Å². The SMILES string of the molecule is COc1nc(CN)oc1C(C)(C)C. The Morgan fingerprint density at radius 2 is 2.08 bits per heavy atom. The Bertz CT molecular complexity index is 286. The lowest BCUT2D eigenvalue weighted by Gasteiger charge is -2.14. The van der Waals surface area contributed by atoms with E-state index in [9.17, 15) is 0 Å². The van der Waals surface area contributed by atoms with Gasteiger partial charge in [0.15, 0.2) is 5.76 Å². The summed E-state index contributed by atoms with van der Waals surface area (Å²) in [7, 11) is 1.58. The highest BCUT2D eigenvalue weighted by molar-refractivity contribution is 5.23. The average molecular weight is 184 g/mol. The number of methoxy groups -OCH3 is 1. The Kier molecular flexibility index (Phi) is 2.61. The van der Waals surface area contributed by atoms with Gasteiger partial charge in [0.05, 0.1) is 13.7 Å². The highest BCUT2D eigenvalue weighted by Gasteiger charge is 2.25. The monoisotopic (exact) mass is 184 g/mol. The van der Waals surface area contributed by atoms with Crippen LogP contribution >= 0.6 is 0 Å². The minimum atomic E-state index is -0.105. The van der Waals surface area contributed by atoms with Gasteiger partial charge in [0.1, 0.15) is 0 Å². The van der Waals surface area contributed by atoms with Crippen molar-refractivity contribution < 1.29 is 9.15 Å². The van der Waals surface area contributed by atoms with Gasteiger partial charge in [-0.2, -0.15) is 4.98 Å². The smallest absolute Gasteiger partial charge is 0.256 e. The van der Waals surface area contributed by atoms with E-state index in [0.29, 0.717) is 18.3 Å². The molecule has 1 rings (SSSR count). The minimum Gasteiger partial charge on any atom is -0.479 e. The standard InChI is InChI=1S/C9H16N2O2/c1-9(2,3)7-8(12-4)11-6(5-10)13-7/h5,10H2,1-4H3. The van der Waals surface area contributed by atoms with Crippen LogP contribution in [0.3, 0.4) is 0 Å². The molecule has 1 aromatic rings. The summed E-state index contributed by atoms with van der Waals surface area (Å²) < 4.78 is 10.6. The molecule has 13 heavy (non-hydrogen) atoms. The van der Waals surface area contributed by atoms with Crippen LogP contribution in [0.4, 0.5) is 0 Å². The van der Waals surface area contributed by atoms with E-state index in [-0.39, 0.29) is 5.41 Å². The van der Waals surface area contributed by atoms with Crippen LogP contribution in [0.15, 0.2) is 4.42 Å². The van der Waals surface area contributed by atoms with E-state index in [1.807, 2.05) is 20.8 Å². The van der Waals surface area contributed by atoms with Crippen molar-refractivity contribution >= 4 is 0 Å². The van der Waals surface area contributed by atoms with Gasteiger partial charge in [-0.1, -0.05) is 20.8 Å². The van der Waals surface area contributed by atoms with Gasteiger partial charge in [0.2, 0.25) is 5.89 Å². The first-order chi connectivity index (χ1) is 5.99. The Balaban J connectivity index is 3.11. The van der Waals surface area contributed by atoms with Crippen LogP contribution in [0.2, 0.25) is 0 Å². The molecule has 0 aromatic carbocycles. The second-order valence-electron chi connectivity index (χ2n) is 3.90. The lowest BCUT2D eigenvalue weighted by Crippen LogP contribution is -2.11. The molecule has 0 saturated carbocycles. The number of aromatic nitrogens is 1. The molecule has 4 heteroatoms. The highest BCUT2D eigenvalue weighted by Crippen LogP contribution is 2.31. The minimum absolute atomic E-state index is 0.105. The van der Waals surface area contributed by atoms with E-state index >= 15 is 0 Å². The Hall–Kier alpha value is -1.03. The quantitative estimate of drug-likeness (QED) is 0.755. The zero-order valence-corrected chi connectivity index (χ0v) is 8.55. The number of rotatable bonds is 2. The Labute approximate surface area is 78.1 Å². The third-order valence-corrected chi connectivity index (χ3v) is 1.69. The maximum Gasteiger partial charge on any atom is 0.256 e. The maximum absolute atomic E-state index is 5.46. The van der Waals surface area contributed by atoms with E-state index in [2.05, 4.69) is 4.98 Å². The number of nitrogens with zero attached hydrogens (tertiary/aromatic N) is 1. The molecule has 0 bridgehead atoms. The molecule has 0 spiro atoms. The lowest BCUT2D eigenvalue weighted by molar-refractivity contribution is 0.342. The fraction of sp³-hybridized carbons (Fsp3) is 0.667. The van der Waals surface area contributed by atoms with E-state index in [0.717, 1.165) is 5.76 Å². The molecule has 0 unspecified atom stereocenters. The molecule has 1 heterocycles. The molecule has 0 aliphatic heterocycles. The van der Waals surface area contributed by atoms with Gasteiger partial charge >= 0.3 is 0 Å². The molecule has 1 aromatic heterocycles. The van der Waals surface area contributed by atoms with Crippen LogP contribution in [-0.2, 0) is 12.0 Å². The Morgan fingerprint density at radius 3 is 2.38 bits per heavy atom. The number of ether oxygens (including phenoxy) is 1. The maximum atomic E-state index is 5.46. The van der Waals surface area contributed by atoms with Crippen molar-refractivity contribution in [2.45, 2.75) is 32.7 Å². The molecule has 0 atom stereocenters. The van der Waals surface area contributed by atoms with Crippen molar-refractivity contribution in [3.8, 4) is 5.88 Å². The average Bonchev–Trinajstić information content (AvgIpc) is 2.46. The summed E-state index contributed by atoms with van der Waals surface area (Å²) in [6.07, 6.45) is 0. The number of nitrogens with two attached hydrogens (primary N) is 1. The first-order valence-corrected chi connectivity index (χ1v) is 4.23. The van der Waals surface area contributed by atoms with E-state index < -0.39 is 0 Å². The molecular weight excluding hydrogens is 168 g/mol. The number of hydrogen-bond donors (Lipinski definition) is 1. The third kappa shape index (κ3) is 2.01. The van der Waals surface area contributed by atoms with Gasteiger partial charge in [-0.3, -0.25) is 0 Å². The van der Waals surface area contributed by atoms with Gasteiger partial charge in [-0.25, -0.2) is 0 Å². The topological polar surface area (TPSA) is 61.3 Å². The predicted molar refractivity (Wildman–Crippen MR) is 49.6 cm³/mol. The summed E-state index contributed by atoms with van der Waals surface area (Å²) in [5, 5.41) is 0. The van der Waals surface area contributed by atoms with Gasteiger partial charge in [-0.15, -0.1) is 0 Å². The summed E-state index contributed by atoms with van der Waals surface area (Å²) in [6.45, 7) is 6.41. The van der Waals surface area contributed by atoms with Gasteiger partial charge in [-0.05, 0) is 0 Å². The molecule has 0 amide bonds. The number of oxazole rings is 1. The summed E-state index contributed by atoms with van der Waals surface area (Å²) in [5.74, 6) is 1.80. The first-order valence-electron chi connectivity index (χ1n) is 4.23. The lowest BCUT2D eigenvalue weighted by atomic mass is 9.94. The van der Waals surface area contributed by atoms with Crippen LogP contribution in [0, 0.1) is 0 Å². The van der Waals surface area contributed by atoms with E-state index in [1.54, 1.807) is 7.11 Å². The fourth-order valence-electron chi connectivity index (χ4n) is 1.05. The first kappa shape index (κ1) is 10.1. The van der Waals surface area contributed by atoms with Gasteiger partial charge in [0.25, 0.3) is 5.88 Å². The molecule has 0 fully saturated rings. The van der Waals surface area contributed by atoms with Crippen molar-refractivity contribution in [1.82, 2.24) is 4.98 Å². The molecule has 0 radical (unpaired) electrons. The van der Waals surface area contributed by atoms with Gasteiger partial charge < -0.3 is 14.9 Å². The Morgan fingerprint density at radius 1 is 1.46 bits per heavy atom. The molecular formula is C9H16N2O2. The van der Waals surface area contributed by atoms with Crippen molar-refractivity contribution in [1.29, 1.82) is 0 Å². The highest BCUT2D eigenvalue weighted by atomic mass is 16.5. The second-order valence-corrected chi connectivity index (χ2v) is 3.90. The second kappa shape index (κ2) is 3.38. The zero-order valence-electron chi connectivity index (χ0n) is 8.55. The molecule has 0 aliphatic carbocycles. The van der Waals surface area contributed by atoms with Crippen LogP contribution in [-0.4, -0.2) is 12.1 Å². The van der Waals surface area contributed by atoms with E-state index in [1.165, 1.54) is 0 Å². The van der Waals surface area contributed by atoms with Crippen LogP contribution in [0.5, 0.6) is 5.88 Å². The molecule has 74 valence electrons. The predicted octanol–water partition coefficient (Wildman–Crippen LogP) is 1.44. The zero-order chi connectivity index (χ0) is 10.1. The van der Waals surface area contributed by atoms with Crippen molar-refractivity contribution in [2.75, 3.05) is 7.11 Å².